The van der Waals surface area contributed by atoms with E-state index >= 15 is 0 Å². The fraction of sp³-hybridized carbons (Fsp3) is 0.167. The van der Waals surface area contributed by atoms with Gasteiger partial charge >= 0.3 is 12.4 Å². The van der Waals surface area contributed by atoms with Crippen LogP contribution in [-0.2, 0) is 19.4 Å². The number of benzene rings is 1. The molecular formula is C18H12F6N4O. The van der Waals surface area contributed by atoms with E-state index in [0.29, 0.717) is 12.1 Å². The van der Waals surface area contributed by atoms with Crippen LogP contribution in [0.1, 0.15) is 21.6 Å². The first-order chi connectivity index (χ1) is 13.5. The van der Waals surface area contributed by atoms with Crippen LogP contribution in [0.5, 0.6) is 0 Å². The zero-order valence-corrected chi connectivity index (χ0v) is 14.6. The third-order valence-electron chi connectivity index (χ3n) is 3.92. The number of carbonyl (C=O) groups excluding carboxylic acids is 1. The number of aryl methyl sites for hydroxylation is 1. The highest BCUT2D eigenvalue weighted by Crippen LogP contribution is 2.39. The third kappa shape index (κ3) is 4.23. The lowest BCUT2D eigenvalue weighted by atomic mass is 10.0. The summed E-state index contributed by atoms with van der Waals surface area (Å²) in [7, 11) is 1.23. The van der Waals surface area contributed by atoms with Gasteiger partial charge in [-0.3, -0.25) is 9.48 Å². The molecule has 152 valence electrons. The molecular weight excluding hydrogens is 402 g/mol. The second-order valence-electron chi connectivity index (χ2n) is 5.94. The molecule has 1 aromatic carbocycles. The molecule has 2 heterocycles. The minimum atomic E-state index is -4.94. The van der Waals surface area contributed by atoms with Crippen LogP contribution in [0.25, 0.3) is 11.3 Å². The number of rotatable bonds is 3. The largest absolute Gasteiger partial charge is 0.420 e. The van der Waals surface area contributed by atoms with Crippen molar-refractivity contribution in [1.82, 2.24) is 14.8 Å². The van der Waals surface area contributed by atoms with Gasteiger partial charge in [-0.1, -0.05) is 30.3 Å². The van der Waals surface area contributed by atoms with E-state index < -0.39 is 40.9 Å². The van der Waals surface area contributed by atoms with Gasteiger partial charge in [-0.2, -0.15) is 31.4 Å². The van der Waals surface area contributed by atoms with Crippen molar-refractivity contribution < 1.29 is 31.1 Å². The van der Waals surface area contributed by atoms with Gasteiger partial charge < -0.3 is 5.32 Å². The number of aromatic nitrogens is 3. The Bertz CT molecular complexity index is 1040. The van der Waals surface area contributed by atoms with Gasteiger partial charge in [0, 0.05) is 18.8 Å². The van der Waals surface area contributed by atoms with Crippen LogP contribution in [-0.4, -0.2) is 20.7 Å². The monoisotopic (exact) mass is 414 g/mol. The summed E-state index contributed by atoms with van der Waals surface area (Å²) in [5.74, 6) is -1.88. The average Bonchev–Trinajstić information content (AvgIpc) is 3.00. The lowest BCUT2D eigenvalue weighted by Gasteiger charge is -2.11. The highest BCUT2D eigenvalue weighted by atomic mass is 19.4. The third-order valence-corrected chi connectivity index (χ3v) is 3.92. The van der Waals surface area contributed by atoms with E-state index in [0.717, 1.165) is 10.9 Å². The minimum absolute atomic E-state index is 0.172. The smallest absolute Gasteiger partial charge is 0.305 e. The summed E-state index contributed by atoms with van der Waals surface area (Å²) >= 11 is 0. The van der Waals surface area contributed by atoms with Crippen molar-refractivity contribution in [2.75, 3.05) is 5.32 Å². The fourth-order valence-electron chi connectivity index (χ4n) is 2.73. The maximum absolute atomic E-state index is 13.7. The molecule has 0 atom stereocenters. The Kier molecular flexibility index (Phi) is 5.07. The average molecular weight is 414 g/mol. The number of carbonyl (C=O) groups is 1. The van der Waals surface area contributed by atoms with Gasteiger partial charge in [0.25, 0.3) is 5.91 Å². The summed E-state index contributed by atoms with van der Waals surface area (Å²) in [6, 6.07) is 8.69. The van der Waals surface area contributed by atoms with E-state index in [-0.39, 0.29) is 11.3 Å². The SMILES string of the molecule is Cn1nc(C(=O)Nc2cc(C(F)(F)F)ccn2)c(C(F)(F)F)c1-c1ccccc1. The quantitative estimate of drug-likeness (QED) is 0.628. The summed E-state index contributed by atoms with van der Waals surface area (Å²) in [4.78, 5) is 16.0. The Morgan fingerprint density at radius 2 is 1.66 bits per heavy atom. The minimum Gasteiger partial charge on any atom is -0.305 e. The van der Waals surface area contributed by atoms with E-state index in [1.807, 2.05) is 5.32 Å². The summed E-state index contributed by atoms with van der Waals surface area (Å²) < 4.78 is 80.4. The number of hydrogen-bond acceptors (Lipinski definition) is 3. The first-order valence-electron chi connectivity index (χ1n) is 8.02. The van der Waals surface area contributed by atoms with Crippen LogP contribution in [0.15, 0.2) is 48.7 Å². The molecule has 3 rings (SSSR count). The number of pyridine rings is 1. The van der Waals surface area contributed by atoms with Crippen molar-refractivity contribution in [2.24, 2.45) is 7.05 Å². The fourth-order valence-corrected chi connectivity index (χ4v) is 2.73. The molecule has 1 amide bonds. The first kappa shape index (κ1) is 20.4. The predicted molar refractivity (Wildman–Crippen MR) is 90.8 cm³/mol. The van der Waals surface area contributed by atoms with E-state index in [9.17, 15) is 31.1 Å². The normalized spacial score (nSPS) is 12.1. The van der Waals surface area contributed by atoms with Crippen LogP contribution in [0, 0.1) is 0 Å². The molecule has 11 heteroatoms. The Hall–Kier alpha value is -3.37. The number of hydrogen-bond donors (Lipinski definition) is 1. The lowest BCUT2D eigenvalue weighted by molar-refractivity contribution is -0.138. The number of amides is 1. The Morgan fingerprint density at radius 1 is 1.00 bits per heavy atom. The molecule has 0 aliphatic heterocycles. The van der Waals surface area contributed by atoms with Gasteiger partial charge in [-0.25, -0.2) is 4.98 Å². The Balaban J connectivity index is 2.04. The highest BCUT2D eigenvalue weighted by Gasteiger charge is 2.42. The highest BCUT2D eigenvalue weighted by molar-refractivity contribution is 6.04. The van der Waals surface area contributed by atoms with Crippen molar-refractivity contribution in [2.45, 2.75) is 12.4 Å². The van der Waals surface area contributed by atoms with Crippen molar-refractivity contribution >= 4 is 11.7 Å². The molecule has 1 N–H and O–H groups in total. The molecule has 0 aliphatic rings. The molecule has 0 saturated heterocycles. The summed E-state index contributed by atoms with van der Waals surface area (Å²) in [5, 5.41) is 5.60. The molecule has 0 spiro atoms. The molecule has 0 fully saturated rings. The first-order valence-corrected chi connectivity index (χ1v) is 8.02. The zero-order valence-electron chi connectivity index (χ0n) is 14.6. The second kappa shape index (κ2) is 7.22. The van der Waals surface area contributed by atoms with Gasteiger partial charge in [-0.15, -0.1) is 0 Å². The number of halogens is 6. The number of anilines is 1. The van der Waals surface area contributed by atoms with Crippen molar-refractivity contribution in [3.05, 3.63) is 65.5 Å². The summed E-state index contributed by atoms with van der Waals surface area (Å²) in [6.45, 7) is 0. The summed E-state index contributed by atoms with van der Waals surface area (Å²) in [5.41, 5.74) is -3.55. The molecule has 2 aromatic heterocycles. The van der Waals surface area contributed by atoms with E-state index in [1.165, 1.54) is 31.3 Å². The van der Waals surface area contributed by atoms with Crippen LogP contribution in [0.4, 0.5) is 32.2 Å². The standard InChI is InChI=1S/C18H12F6N4O/c1-28-15(10-5-3-2-4-6-10)13(18(22,23)24)14(27-28)16(29)26-12-9-11(7-8-25-12)17(19,20)21/h2-9H,1H3,(H,25,26,29). The number of alkyl halides is 6. The molecule has 0 radical (unpaired) electrons. The molecule has 0 saturated carbocycles. The molecule has 5 nitrogen and oxygen atoms in total. The van der Waals surface area contributed by atoms with Gasteiger partial charge in [0.1, 0.15) is 11.4 Å². The van der Waals surface area contributed by atoms with Gasteiger partial charge in [-0.05, 0) is 12.1 Å². The maximum Gasteiger partial charge on any atom is 0.420 e. The lowest BCUT2D eigenvalue weighted by Crippen LogP contribution is -2.19. The number of nitrogens with zero attached hydrogens (tertiary/aromatic N) is 3. The van der Waals surface area contributed by atoms with Crippen LogP contribution in [0.3, 0.4) is 0 Å². The van der Waals surface area contributed by atoms with Crippen LogP contribution in [0.2, 0.25) is 0 Å². The van der Waals surface area contributed by atoms with Crippen LogP contribution >= 0.6 is 0 Å². The molecule has 0 bridgehead atoms. The molecule has 0 unspecified atom stereocenters. The van der Waals surface area contributed by atoms with Crippen molar-refractivity contribution in [3.63, 3.8) is 0 Å². The molecule has 0 aliphatic carbocycles. The molecule has 3 aromatic rings. The maximum atomic E-state index is 13.7. The van der Waals surface area contributed by atoms with Gasteiger partial charge in [0.2, 0.25) is 0 Å². The Labute approximate surface area is 160 Å². The predicted octanol–water partition coefficient (Wildman–Crippen LogP) is 4.77. The molecule has 29 heavy (non-hydrogen) atoms. The zero-order chi connectivity index (χ0) is 21.4. The van der Waals surface area contributed by atoms with Crippen molar-refractivity contribution in [3.8, 4) is 11.3 Å². The van der Waals surface area contributed by atoms with E-state index in [4.69, 9.17) is 0 Å². The topological polar surface area (TPSA) is 59.8 Å². The Morgan fingerprint density at radius 3 is 2.24 bits per heavy atom. The van der Waals surface area contributed by atoms with E-state index in [1.54, 1.807) is 6.07 Å². The van der Waals surface area contributed by atoms with Gasteiger partial charge in [0.05, 0.1) is 11.3 Å². The van der Waals surface area contributed by atoms with Crippen LogP contribution < -0.4 is 5.32 Å². The van der Waals surface area contributed by atoms with E-state index in [2.05, 4.69) is 10.1 Å². The second-order valence-corrected chi connectivity index (χ2v) is 5.94. The number of nitrogens with one attached hydrogen (secondary N) is 1. The van der Waals surface area contributed by atoms with Gasteiger partial charge in [0.15, 0.2) is 5.69 Å². The summed E-state index contributed by atoms with van der Waals surface area (Å²) in [6.07, 6.45) is -8.85. The van der Waals surface area contributed by atoms with Crippen molar-refractivity contribution in [1.29, 1.82) is 0 Å².